The van der Waals surface area contributed by atoms with Crippen molar-refractivity contribution in [2.45, 2.75) is 17.3 Å². The molecule has 0 spiro atoms. The minimum atomic E-state index is -0.483. The van der Waals surface area contributed by atoms with Crippen LogP contribution in [0, 0.1) is 0 Å². The third-order valence-electron chi connectivity index (χ3n) is 4.52. The number of nitrogens with zero attached hydrogens (tertiary/aromatic N) is 2. The topological polar surface area (TPSA) is 64.0 Å². The standard InChI is InChI=1S/C23H18ClN3O2S/c1-15(21(28)25-17-13-11-16(24)12-14-17)30-23-26-20-10-6-5-9-19(20)22(29)27(23)18-7-3-2-4-8-18/h2-15H,1H3,(H,25,28). The molecule has 5 nitrogen and oxygen atoms in total. The lowest BCUT2D eigenvalue weighted by Crippen LogP contribution is -2.26. The third kappa shape index (κ3) is 4.25. The van der Waals surface area contributed by atoms with Gasteiger partial charge in [-0.3, -0.25) is 14.2 Å². The molecular weight excluding hydrogens is 418 g/mol. The molecule has 0 aliphatic rings. The van der Waals surface area contributed by atoms with Crippen LogP contribution in [-0.2, 0) is 4.79 Å². The van der Waals surface area contributed by atoms with Crippen LogP contribution in [0.3, 0.4) is 0 Å². The number of nitrogens with one attached hydrogen (secondary N) is 1. The highest BCUT2D eigenvalue weighted by atomic mass is 35.5. The molecule has 0 aliphatic heterocycles. The van der Waals surface area contributed by atoms with E-state index in [4.69, 9.17) is 11.6 Å². The Morgan fingerprint density at radius 3 is 2.40 bits per heavy atom. The molecule has 3 aromatic carbocycles. The normalized spacial score (nSPS) is 11.9. The minimum Gasteiger partial charge on any atom is -0.325 e. The van der Waals surface area contributed by atoms with E-state index < -0.39 is 5.25 Å². The Hall–Kier alpha value is -3.09. The van der Waals surface area contributed by atoms with E-state index >= 15 is 0 Å². The van der Waals surface area contributed by atoms with Crippen LogP contribution in [0.2, 0.25) is 5.02 Å². The Balaban J connectivity index is 1.69. The van der Waals surface area contributed by atoms with Crippen molar-refractivity contribution in [3.8, 4) is 5.69 Å². The number of anilines is 1. The Bertz CT molecular complexity index is 1260. The summed E-state index contributed by atoms with van der Waals surface area (Å²) in [5.74, 6) is -0.190. The van der Waals surface area contributed by atoms with Crippen LogP contribution in [0.4, 0.5) is 5.69 Å². The largest absolute Gasteiger partial charge is 0.325 e. The lowest BCUT2D eigenvalue weighted by atomic mass is 10.2. The Labute approximate surface area is 182 Å². The van der Waals surface area contributed by atoms with Crippen LogP contribution < -0.4 is 10.9 Å². The van der Waals surface area contributed by atoms with E-state index in [0.717, 1.165) is 0 Å². The van der Waals surface area contributed by atoms with E-state index in [0.29, 0.717) is 32.5 Å². The summed E-state index contributed by atoms with van der Waals surface area (Å²) in [5, 5.41) is 3.98. The van der Waals surface area contributed by atoms with Gasteiger partial charge in [-0.1, -0.05) is 53.7 Å². The number of carbonyl (C=O) groups excluding carboxylic acids is 1. The summed E-state index contributed by atoms with van der Waals surface area (Å²) in [6, 6.07) is 23.4. The Morgan fingerprint density at radius 2 is 1.67 bits per heavy atom. The number of rotatable bonds is 5. The molecule has 0 saturated heterocycles. The van der Waals surface area contributed by atoms with Gasteiger partial charge in [0, 0.05) is 10.7 Å². The number of carbonyl (C=O) groups is 1. The number of hydrogen-bond donors (Lipinski definition) is 1. The lowest BCUT2D eigenvalue weighted by molar-refractivity contribution is -0.115. The van der Waals surface area contributed by atoms with Crippen LogP contribution in [0.15, 0.2) is 88.8 Å². The first-order chi connectivity index (χ1) is 14.5. The summed E-state index contributed by atoms with van der Waals surface area (Å²) in [4.78, 5) is 30.6. The number of para-hydroxylation sites is 2. The highest BCUT2D eigenvalue weighted by Gasteiger charge is 2.20. The monoisotopic (exact) mass is 435 g/mol. The van der Waals surface area contributed by atoms with Gasteiger partial charge >= 0.3 is 0 Å². The van der Waals surface area contributed by atoms with Crippen LogP contribution in [-0.4, -0.2) is 20.7 Å². The van der Waals surface area contributed by atoms with Gasteiger partial charge in [-0.05, 0) is 55.5 Å². The average molecular weight is 436 g/mol. The molecule has 1 amide bonds. The molecule has 0 aliphatic carbocycles. The number of halogens is 1. The zero-order chi connectivity index (χ0) is 21.1. The van der Waals surface area contributed by atoms with Crippen molar-refractivity contribution in [2.75, 3.05) is 5.32 Å². The minimum absolute atomic E-state index is 0.167. The lowest BCUT2D eigenvalue weighted by Gasteiger charge is -2.16. The summed E-state index contributed by atoms with van der Waals surface area (Å²) in [6.07, 6.45) is 0. The molecular formula is C23H18ClN3O2S. The molecule has 0 bridgehead atoms. The Morgan fingerprint density at radius 1 is 1.00 bits per heavy atom. The van der Waals surface area contributed by atoms with Crippen molar-refractivity contribution in [3.63, 3.8) is 0 Å². The van der Waals surface area contributed by atoms with Crippen LogP contribution >= 0.6 is 23.4 Å². The van der Waals surface area contributed by atoms with Crippen LogP contribution in [0.5, 0.6) is 0 Å². The fraction of sp³-hybridized carbons (Fsp3) is 0.0870. The van der Waals surface area contributed by atoms with Crippen LogP contribution in [0.1, 0.15) is 6.92 Å². The predicted molar refractivity (Wildman–Crippen MR) is 123 cm³/mol. The summed E-state index contributed by atoms with van der Waals surface area (Å²) < 4.78 is 1.55. The van der Waals surface area contributed by atoms with Crippen molar-refractivity contribution in [1.82, 2.24) is 9.55 Å². The van der Waals surface area contributed by atoms with Gasteiger partial charge < -0.3 is 5.32 Å². The van der Waals surface area contributed by atoms with Crippen molar-refractivity contribution in [1.29, 1.82) is 0 Å². The number of fused-ring (bicyclic) bond motifs is 1. The molecule has 0 radical (unpaired) electrons. The van der Waals surface area contributed by atoms with Crippen molar-refractivity contribution in [3.05, 3.63) is 94.2 Å². The van der Waals surface area contributed by atoms with Gasteiger partial charge in [0.05, 0.1) is 21.8 Å². The second-order valence-corrected chi connectivity index (χ2v) is 8.39. The van der Waals surface area contributed by atoms with E-state index in [2.05, 4.69) is 10.3 Å². The first-order valence-corrected chi connectivity index (χ1v) is 10.6. The van der Waals surface area contributed by atoms with Gasteiger partial charge in [0.15, 0.2) is 5.16 Å². The SMILES string of the molecule is CC(Sc1nc2ccccc2c(=O)n1-c1ccccc1)C(=O)Nc1ccc(Cl)cc1. The van der Waals surface area contributed by atoms with Gasteiger partial charge in [0.2, 0.25) is 5.91 Å². The molecule has 7 heteroatoms. The number of benzene rings is 3. The zero-order valence-corrected chi connectivity index (χ0v) is 17.7. The van der Waals surface area contributed by atoms with E-state index in [1.165, 1.54) is 11.8 Å². The number of thioether (sulfide) groups is 1. The fourth-order valence-electron chi connectivity index (χ4n) is 2.98. The zero-order valence-electron chi connectivity index (χ0n) is 16.1. The molecule has 4 rings (SSSR count). The maximum Gasteiger partial charge on any atom is 0.266 e. The van der Waals surface area contributed by atoms with Crippen molar-refractivity contribution in [2.24, 2.45) is 0 Å². The van der Waals surface area contributed by atoms with Crippen molar-refractivity contribution < 1.29 is 4.79 Å². The molecule has 30 heavy (non-hydrogen) atoms. The van der Waals surface area contributed by atoms with Gasteiger partial charge in [-0.2, -0.15) is 0 Å². The van der Waals surface area contributed by atoms with Gasteiger partial charge in [-0.15, -0.1) is 0 Å². The predicted octanol–water partition coefficient (Wildman–Crippen LogP) is 5.16. The summed E-state index contributed by atoms with van der Waals surface area (Å²) >= 11 is 7.14. The molecule has 150 valence electrons. The van der Waals surface area contributed by atoms with Crippen LogP contribution in [0.25, 0.3) is 16.6 Å². The molecule has 0 saturated carbocycles. The molecule has 4 aromatic rings. The van der Waals surface area contributed by atoms with Gasteiger partial charge in [0.1, 0.15) is 0 Å². The highest BCUT2D eigenvalue weighted by Crippen LogP contribution is 2.26. The quantitative estimate of drug-likeness (QED) is 0.347. The third-order valence-corrected chi connectivity index (χ3v) is 5.83. The molecule has 1 atom stereocenters. The fourth-order valence-corrected chi connectivity index (χ4v) is 4.04. The maximum atomic E-state index is 13.2. The number of aromatic nitrogens is 2. The maximum absolute atomic E-state index is 13.2. The van der Waals surface area contributed by atoms with Gasteiger partial charge in [0.25, 0.3) is 5.56 Å². The first-order valence-electron chi connectivity index (χ1n) is 9.33. The van der Waals surface area contributed by atoms with E-state index in [1.807, 2.05) is 42.5 Å². The summed E-state index contributed by atoms with van der Waals surface area (Å²) in [5.41, 5.74) is 1.79. The highest BCUT2D eigenvalue weighted by molar-refractivity contribution is 8.00. The van der Waals surface area contributed by atoms with Gasteiger partial charge in [-0.25, -0.2) is 4.98 Å². The number of amides is 1. The second-order valence-electron chi connectivity index (χ2n) is 6.64. The molecule has 0 fully saturated rings. The number of hydrogen-bond acceptors (Lipinski definition) is 4. The van der Waals surface area contributed by atoms with Crippen molar-refractivity contribution >= 4 is 45.9 Å². The smallest absolute Gasteiger partial charge is 0.266 e. The second kappa shape index (κ2) is 8.73. The molecule has 1 aromatic heterocycles. The molecule has 1 unspecified atom stereocenters. The average Bonchev–Trinajstić information content (AvgIpc) is 2.76. The molecule has 1 heterocycles. The van der Waals surface area contributed by atoms with E-state index in [9.17, 15) is 9.59 Å². The summed E-state index contributed by atoms with van der Waals surface area (Å²) in [6.45, 7) is 1.78. The molecule has 1 N–H and O–H groups in total. The Kier molecular flexibility index (Phi) is 5.88. The summed E-state index contributed by atoms with van der Waals surface area (Å²) in [7, 11) is 0. The first kappa shape index (κ1) is 20.2. The van der Waals surface area contributed by atoms with E-state index in [1.54, 1.807) is 47.9 Å². The van der Waals surface area contributed by atoms with E-state index in [-0.39, 0.29) is 11.5 Å².